The van der Waals surface area contributed by atoms with Crippen LogP contribution in [-0.4, -0.2) is 118 Å². The highest BCUT2D eigenvalue weighted by molar-refractivity contribution is 5.56. The number of rotatable bonds is 16. The smallest absolute Gasteiger partial charge is 0.223 e. The first-order valence-electron chi connectivity index (χ1n) is 36.2. The van der Waals surface area contributed by atoms with Gasteiger partial charge in [-0.1, -0.05) is 78.7 Å². The largest absolute Gasteiger partial charge is 0.491 e. The molecule has 1 atom stereocenters. The molecule has 6 aliphatic rings. The number of terminal acetylenes is 1. The molecule has 5 aromatic rings. The number of nitrogens with zero attached hydrogens (tertiary/aromatic N) is 4. The van der Waals surface area contributed by atoms with Crippen molar-refractivity contribution in [2.45, 2.75) is 263 Å². The standard InChI is InChI=1S/C12H17N.C12H16O3.C12H14O.C11H23NO.C10H14FN.C10H12N2O.C8H17N.C8H14O/c1-10(2)13-9-5-7-11-6-3-4-8-12(11)13;1-9(2)13-8-12-14-7-10-5-3-4-6-11(10)15-12;1-4-11-5-7-12(8-6-11)9-13-10(2)3;1-11(2,3)13-9-6-10-4-7-12-8-5-10;1-7(2)12-10-8(3)5-4-6-9(10)11;1-7(2)13-8-3-4-9-10(5-8)12-6-11-9;1-8(2,3)9-6-4-5-7-9;1-7(2)9-8-5-3-4-6-8/h3-4,6,8,10H,5,7,9H2,1-2H3;3-6,9,12H,7-8H2,1-2H3;1,5-8,10H,9H2,2-3H3;10,12H,4-9H2,1-3H3;4-7,12H,1-3H3;3-5,7H,6H2,1-2H3;4-7H2,1-3H3;3-4,7-8H,5-6H2,1-2H3. The fraction of sp³-hybridized carbons (Fsp3) is 0.590. The quantitative estimate of drug-likeness (QED) is 0.0726. The molecule has 14 heteroatoms. The van der Waals surface area contributed by atoms with E-state index in [4.69, 9.17) is 39.6 Å². The van der Waals surface area contributed by atoms with E-state index in [-0.39, 0.29) is 42.1 Å². The first kappa shape index (κ1) is 83.3. The number of piperidine rings is 1. The van der Waals surface area contributed by atoms with Gasteiger partial charge in [0.2, 0.25) is 6.29 Å². The van der Waals surface area contributed by atoms with Gasteiger partial charge >= 0.3 is 0 Å². The molecule has 5 aromatic carbocycles. The molecular formula is C83H127FN6O7. The van der Waals surface area contributed by atoms with Gasteiger partial charge in [-0.25, -0.2) is 4.39 Å². The van der Waals surface area contributed by atoms with Crippen LogP contribution in [0.2, 0.25) is 0 Å². The fourth-order valence-electron chi connectivity index (χ4n) is 11.1. The Kier molecular flexibility index (Phi) is 38.4. The Labute approximate surface area is 587 Å². The molecule has 1 unspecified atom stereocenters. The van der Waals surface area contributed by atoms with Crippen LogP contribution in [0.25, 0.3) is 0 Å². The van der Waals surface area contributed by atoms with Crippen LogP contribution < -0.4 is 35.7 Å². The first-order chi connectivity index (χ1) is 46.1. The minimum absolute atomic E-state index is 0.0346. The maximum absolute atomic E-state index is 13.1. The molecule has 0 aromatic heterocycles. The van der Waals surface area contributed by atoms with Gasteiger partial charge in [0.05, 0.1) is 65.7 Å². The molecule has 11 rings (SSSR count). The monoisotopic (exact) mass is 1340 g/mol. The van der Waals surface area contributed by atoms with E-state index in [0.29, 0.717) is 56.0 Å². The minimum atomic E-state index is -0.276. The van der Waals surface area contributed by atoms with Crippen LogP contribution in [0.5, 0.6) is 11.5 Å². The van der Waals surface area contributed by atoms with Crippen molar-refractivity contribution < 1.29 is 37.5 Å². The molecule has 0 bridgehead atoms. The third kappa shape index (κ3) is 35.0. The van der Waals surface area contributed by atoms with E-state index in [2.05, 4.69) is 142 Å². The van der Waals surface area contributed by atoms with Crippen molar-refractivity contribution in [3.8, 4) is 23.8 Å². The molecular weight excluding hydrogens is 1210 g/mol. The van der Waals surface area contributed by atoms with Crippen molar-refractivity contribution in [3.63, 3.8) is 0 Å². The van der Waals surface area contributed by atoms with Crippen LogP contribution in [0.4, 0.5) is 15.8 Å². The van der Waals surface area contributed by atoms with Gasteiger partial charge in [-0.15, -0.1) is 6.42 Å². The number of anilines is 2. The van der Waals surface area contributed by atoms with E-state index >= 15 is 0 Å². The highest BCUT2D eigenvalue weighted by Crippen LogP contribution is 2.29. The lowest BCUT2D eigenvalue weighted by molar-refractivity contribution is -0.150. The topological polar surface area (TPSA) is 120 Å². The maximum Gasteiger partial charge on any atom is 0.223 e. The molecule has 5 heterocycles. The second-order valence-corrected chi connectivity index (χ2v) is 29.1. The van der Waals surface area contributed by atoms with E-state index in [1.54, 1.807) is 6.07 Å². The van der Waals surface area contributed by atoms with Gasteiger partial charge in [-0.3, -0.25) is 14.9 Å². The second-order valence-electron chi connectivity index (χ2n) is 29.1. The molecule has 0 spiro atoms. The van der Waals surface area contributed by atoms with Crippen LogP contribution in [-0.2, 0) is 43.3 Å². The van der Waals surface area contributed by atoms with Crippen molar-refractivity contribution in [1.29, 1.82) is 0 Å². The second kappa shape index (κ2) is 44.8. The highest BCUT2D eigenvalue weighted by atomic mass is 19.1. The normalized spacial score (nSPS) is 16.4. The number of halogens is 1. The average molecular weight is 1340 g/mol. The predicted molar refractivity (Wildman–Crippen MR) is 402 cm³/mol. The van der Waals surface area contributed by atoms with Gasteiger partial charge in [-0.2, -0.15) is 0 Å². The van der Waals surface area contributed by atoms with Gasteiger partial charge in [0.1, 0.15) is 30.6 Å². The summed E-state index contributed by atoms with van der Waals surface area (Å²) in [7, 11) is 0. The molecule has 0 amide bonds. The van der Waals surface area contributed by atoms with E-state index in [9.17, 15) is 4.39 Å². The summed E-state index contributed by atoms with van der Waals surface area (Å²) in [4.78, 5) is 13.5. The SMILES string of the molecule is C#Cc1ccc(COC(C)C)cc1.CC(C)(C)N1CCCC1.CC(C)(C)OCCC1CCNCC1.CC(C)N1CCCc2ccccc21.CC(C)OC1CC=CC1.CC(C)OCC1OCc2ccccc2O1.CC(C)Oc1ccc2c(c1)=NCN=2.Cc1cccc(F)c1NC(C)C. The van der Waals surface area contributed by atoms with Gasteiger partial charge < -0.3 is 48.7 Å². The van der Waals surface area contributed by atoms with Crippen LogP contribution in [0.15, 0.2) is 131 Å². The number of para-hydroxylation sites is 3. The summed E-state index contributed by atoms with van der Waals surface area (Å²) in [6, 6.07) is 36.3. The Morgan fingerprint density at radius 1 is 0.701 bits per heavy atom. The number of hydrogen-bond donors (Lipinski definition) is 2. The molecule has 13 nitrogen and oxygen atoms in total. The summed E-state index contributed by atoms with van der Waals surface area (Å²) in [5, 5.41) is 8.36. The number of aryl methyl sites for hydroxylation is 2. The number of benzene rings is 5. The fourth-order valence-corrected chi connectivity index (χ4v) is 11.1. The predicted octanol–water partition coefficient (Wildman–Crippen LogP) is 17.6. The Morgan fingerprint density at radius 3 is 1.92 bits per heavy atom. The Balaban J connectivity index is 0.000000237. The number of hydrogen-bond acceptors (Lipinski definition) is 13. The lowest BCUT2D eigenvalue weighted by Gasteiger charge is -2.34. The lowest BCUT2D eigenvalue weighted by atomic mass is 9.95. The summed E-state index contributed by atoms with van der Waals surface area (Å²) in [6.07, 6.45) is 22.3. The van der Waals surface area contributed by atoms with Gasteiger partial charge in [-0.05, 0) is 281 Å². The highest BCUT2D eigenvalue weighted by Gasteiger charge is 2.24. The summed E-state index contributed by atoms with van der Waals surface area (Å²) < 4.78 is 52.0. The van der Waals surface area contributed by atoms with Crippen LogP contribution >= 0.6 is 0 Å². The van der Waals surface area contributed by atoms with Crippen LogP contribution in [0.3, 0.4) is 0 Å². The molecule has 5 aliphatic heterocycles. The zero-order chi connectivity index (χ0) is 71.3. The summed E-state index contributed by atoms with van der Waals surface area (Å²) in [5.74, 6) is 5.07. The Morgan fingerprint density at radius 2 is 1.34 bits per heavy atom. The molecule has 2 fully saturated rings. The van der Waals surface area contributed by atoms with E-state index in [0.717, 1.165) is 69.8 Å². The van der Waals surface area contributed by atoms with E-state index in [1.807, 2.05) is 135 Å². The molecule has 0 saturated carbocycles. The summed E-state index contributed by atoms with van der Waals surface area (Å²) in [5.41, 5.74) is 8.14. The van der Waals surface area contributed by atoms with Crippen molar-refractivity contribution in [3.05, 3.63) is 166 Å². The zero-order valence-electron chi connectivity index (χ0n) is 63.3. The number of ether oxygens (including phenoxy) is 7. The summed E-state index contributed by atoms with van der Waals surface area (Å²) in [6.45, 7) is 49.3. The van der Waals surface area contributed by atoms with Crippen LogP contribution in [0, 0.1) is 31.0 Å². The third-order valence-electron chi connectivity index (χ3n) is 16.2. The van der Waals surface area contributed by atoms with Crippen molar-refractivity contribution in [1.82, 2.24) is 10.2 Å². The summed E-state index contributed by atoms with van der Waals surface area (Å²) >= 11 is 0. The van der Waals surface area contributed by atoms with E-state index < -0.39 is 0 Å². The number of nitrogens with one attached hydrogen (secondary N) is 2. The zero-order valence-corrected chi connectivity index (χ0v) is 63.3. The minimum Gasteiger partial charge on any atom is -0.491 e. The first-order valence-corrected chi connectivity index (χ1v) is 36.2. The van der Waals surface area contributed by atoms with Crippen molar-refractivity contribution >= 4 is 11.4 Å². The lowest BCUT2D eigenvalue weighted by Crippen LogP contribution is -2.38. The van der Waals surface area contributed by atoms with E-state index in [1.165, 1.54) is 95.0 Å². The third-order valence-corrected chi connectivity index (χ3v) is 16.2. The van der Waals surface area contributed by atoms with Crippen molar-refractivity contribution in [2.24, 2.45) is 15.9 Å². The molecule has 2 N–H and O–H groups in total. The molecule has 1 aliphatic carbocycles. The average Bonchev–Trinajstić information content (AvgIpc) is 1.58. The van der Waals surface area contributed by atoms with Crippen molar-refractivity contribution in [2.75, 3.05) is 62.8 Å². The van der Waals surface area contributed by atoms with Gasteiger partial charge in [0.15, 0.2) is 0 Å². The Bertz CT molecular complexity index is 3120. The number of likely N-dealkylation sites (tertiary alicyclic amines) is 1. The van der Waals surface area contributed by atoms with Gasteiger partial charge in [0, 0.05) is 53.7 Å². The molecule has 2 saturated heterocycles. The van der Waals surface area contributed by atoms with Crippen LogP contribution in [0.1, 0.15) is 204 Å². The molecule has 97 heavy (non-hydrogen) atoms. The Hall–Kier alpha value is -6.15. The molecule has 538 valence electrons. The molecule has 0 radical (unpaired) electrons. The van der Waals surface area contributed by atoms with Gasteiger partial charge in [0.25, 0.3) is 0 Å². The number of fused-ring (bicyclic) bond motifs is 3. The maximum atomic E-state index is 13.1.